The number of fused-ring (bicyclic) bond motifs is 1. The van der Waals surface area contributed by atoms with E-state index in [0.717, 1.165) is 11.3 Å². The highest BCUT2D eigenvalue weighted by Crippen LogP contribution is 2.24. The summed E-state index contributed by atoms with van der Waals surface area (Å²) in [6.45, 7) is 0. The van der Waals surface area contributed by atoms with Crippen molar-refractivity contribution in [3.63, 3.8) is 0 Å². The molecule has 1 aromatic heterocycles. The Kier molecular flexibility index (Phi) is 5.32. The van der Waals surface area contributed by atoms with Gasteiger partial charge in [0.15, 0.2) is 0 Å². The van der Waals surface area contributed by atoms with Crippen LogP contribution in [0.15, 0.2) is 77.6 Å². The summed E-state index contributed by atoms with van der Waals surface area (Å²) in [6.07, 6.45) is 3.54. The molecule has 0 fully saturated rings. The zero-order valence-corrected chi connectivity index (χ0v) is 17.1. The Hall–Kier alpha value is -4.26. The van der Waals surface area contributed by atoms with Crippen LogP contribution in [0, 0.1) is 10.1 Å². The first-order chi connectivity index (χ1) is 15.0. The van der Waals surface area contributed by atoms with Crippen molar-refractivity contribution in [3.8, 4) is 5.69 Å². The van der Waals surface area contributed by atoms with Crippen LogP contribution in [-0.4, -0.2) is 28.6 Å². The monoisotopic (exact) mass is 412 g/mol. The van der Waals surface area contributed by atoms with Crippen LogP contribution in [0.4, 0.5) is 11.4 Å². The second kappa shape index (κ2) is 8.23. The zero-order chi connectivity index (χ0) is 22.0. The average molecular weight is 412 g/mol. The number of aromatic nitrogens is 2. The van der Waals surface area contributed by atoms with Gasteiger partial charge in [0.25, 0.3) is 11.2 Å². The number of nitro benzene ring substituents is 1. The van der Waals surface area contributed by atoms with Crippen LogP contribution in [0.2, 0.25) is 0 Å². The summed E-state index contributed by atoms with van der Waals surface area (Å²) < 4.78 is 1.30. The highest BCUT2D eigenvalue weighted by Gasteiger charge is 2.19. The third kappa shape index (κ3) is 3.93. The minimum absolute atomic E-state index is 0.160. The third-order valence-corrected chi connectivity index (χ3v) is 4.96. The maximum absolute atomic E-state index is 13.3. The van der Waals surface area contributed by atoms with Crippen molar-refractivity contribution < 1.29 is 4.92 Å². The lowest BCUT2D eigenvalue weighted by Gasteiger charge is -2.12. The molecule has 0 amide bonds. The van der Waals surface area contributed by atoms with Crippen LogP contribution in [0.3, 0.4) is 0 Å². The van der Waals surface area contributed by atoms with Crippen molar-refractivity contribution in [2.75, 3.05) is 19.0 Å². The SMILES string of the molecule is CN(C)c1ccc(C=Cc2nc3ccccc3c(=O)n2-c2ccccc2[N+](=O)[O-])cc1. The summed E-state index contributed by atoms with van der Waals surface area (Å²) in [5, 5.41) is 12.0. The maximum atomic E-state index is 13.3. The van der Waals surface area contributed by atoms with E-state index in [-0.39, 0.29) is 16.9 Å². The van der Waals surface area contributed by atoms with E-state index in [4.69, 9.17) is 0 Å². The fourth-order valence-electron chi connectivity index (χ4n) is 3.36. The molecule has 7 heteroatoms. The van der Waals surface area contributed by atoms with Crippen molar-refractivity contribution in [2.24, 2.45) is 0 Å². The summed E-state index contributed by atoms with van der Waals surface area (Å²) in [5.41, 5.74) is 2.18. The number of para-hydroxylation sites is 3. The number of nitrogens with zero attached hydrogens (tertiary/aromatic N) is 4. The van der Waals surface area contributed by atoms with Gasteiger partial charge in [-0.25, -0.2) is 4.98 Å². The molecule has 1 heterocycles. The average Bonchev–Trinajstić information content (AvgIpc) is 2.78. The molecule has 31 heavy (non-hydrogen) atoms. The molecule has 0 spiro atoms. The second-order valence-corrected chi connectivity index (χ2v) is 7.19. The Labute approximate surface area is 178 Å². The summed E-state index contributed by atoms with van der Waals surface area (Å²) >= 11 is 0. The molecule has 0 aliphatic heterocycles. The first kappa shape index (κ1) is 20.0. The molecular weight excluding hydrogens is 392 g/mol. The van der Waals surface area contributed by atoms with Crippen LogP contribution < -0.4 is 10.5 Å². The van der Waals surface area contributed by atoms with Crippen LogP contribution in [0.25, 0.3) is 28.7 Å². The predicted octanol–water partition coefficient (Wildman–Crippen LogP) is 4.53. The van der Waals surface area contributed by atoms with E-state index < -0.39 is 4.92 Å². The van der Waals surface area contributed by atoms with Crippen LogP contribution >= 0.6 is 0 Å². The van der Waals surface area contributed by atoms with E-state index in [0.29, 0.717) is 16.7 Å². The van der Waals surface area contributed by atoms with Crippen molar-refractivity contribution in [1.29, 1.82) is 0 Å². The largest absolute Gasteiger partial charge is 0.378 e. The Morgan fingerprint density at radius 2 is 1.61 bits per heavy atom. The molecule has 3 aromatic carbocycles. The maximum Gasteiger partial charge on any atom is 0.293 e. The minimum atomic E-state index is -0.496. The van der Waals surface area contributed by atoms with Gasteiger partial charge in [-0.2, -0.15) is 0 Å². The molecule has 4 aromatic rings. The Morgan fingerprint density at radius 1 is 0.935 bits per heavy atom. The Bertz CT molecular complexity index is 1360. The standard InChI is InChI=1S/C24H20N4O3/c1-26(2)18-14-11-17(12-15-18)13-16-23-25-20-8-4-3-7-19(20)24(29)27(23)21-9-5-6-10-22(21)28(30)31/h3-16H,1-2H3. The number of hydrogen-bond acceptors (Lipinski definition) is 5. The summed E-state index contributed by atoms with van der Waals surface area (Å²) in [5.74, 6) is 0.315. The van der Waals surface area contributed by atoms with Crippen LogP contribution in [0.5, 0.6) is 0 Å². The van der Waals surface area contributed by atoms with Gasteiger partial charge in [0.2, 0.25) is 0 Å². The Balaban J connectivity index is 1.91. The van der Waals surface area contributed by atoms with Gasteiger partial charge < -0.3 is 4.90 Å². The molecule has 0 unspecified atom stereocenters. The molecule has 0 saturated heterocycles. The normalized spacial score (nSPS) is 11.2. The molecule has 7 nitrogen and oxygen atoms in total. The van der Waals surface area contributed by atoms with Crippen molar-refractivity contribution in [1.82, 2.24) is 9.55 Å². The minimum Gasteiger partial charge on any atom is -0.378 e. The fourth-order valence-corrected chi connectivity index (χ4v) is 3.36. The van der Waals surface area contributed by atoms with E-state index >= 15 is 0 Å². The molecular formula is C24H20N4O3. The lowest BCUT2D eigenvalue weighted by atomic mass is 10.1. The molecule has 0 aliphatic rings. The number of hydrogen-bond donors (Lipinski definition) is 0. The van der Waals surface area contributed by atoms with Gasteiger partial charge in [0.05, 0.1) is 15.8 Å². The smallest absolute Gasteiger partial charge is 0.293 e. The molecule has 0 bridgehead atoms. The van der Waals surface area contributed by atoms with E-state index in [1.165, 1.54) is 10.6 Å². The molecule has 0 N–H and O–H groups in total. The van der Waals surface area contributed by atoms with Gasteiger partial charge in [0, 0.05) is 25.8 Å². The van der Waals surface area contributed by atoms with Crippen LogP contribution in [-0.2, 0) is 0 Å². The topological polar surface area (TPSA) is 81.3 Å². The first-order valence-corrected chi connectivity index (χ1v) is 9.67. The fraction of sp³-hybridized carbons (Fsp3) is 0.0833. The number of rotatable bonds is 5. The van der Waals surface area contributed by atoms with E-state index in [1.54, 1.807) is 48.5 Å². The molecule has 154 valence electrons. The van der Waals surface area contributed by atoms with Crippen molar-refractivity contribution >= 4 is 34.4 Å². The molecule has 0 atom stereocenters. The van der Waals surface area contributed by atoms with Gasteiger partial charge >= 0.3 is 0 Å². The second-order valence-electron chi connectivity index (χ2n) is 7.19. The lowest BCUT2D eigenvalue weighted by molar-refractivity contribution is -0.384. The van der Waals surface area contributed by atoms with E-state index in [9.17, 15) is 14.9 Å². The first-order valence-electron chi connectivity index (χ1n) is 9.67. The van der Waals surface area contributed by atoms with Crippen LogP contribution in [0.1, 0.15) is 11.4 Å². The third-order valence-electron chi connectivity index (χ3n) is 4.96. The van der Waals surface area contributed by atoms with Gasteiger partial charge in [-0.3, -0.25) is 19.5 Å². The number of anilines is 1. The number of benzene rings is 3. The summed E-state index contributed by atoms with van der Waals surface area (Å²) in [7, 11) is 3.94. The molecule has 0 saturated carbocycles. The summed E-state index contributed by atoms with van der Waals surface area (Å²) in [4.78, 5) is 31.0. The highest BCUT2D eigenvalue weighted by molar-refractivity contribution is 5.80. The molecule has 4 rings (SSSR count). The molecule has 0 radical (unpaired) electrons. The molecule has 0 aliphatic carbocycles. The van der Waals surface area contributed by atoms with E-state index in [2.05, 4.69) is 4.98 Å². The van der Waals surface area contributed by atoms with Gasteiger partial charge in [0.1, 0.15) is 11.5 Å². The predicted molar refractivity (Wildman–Crippen MR) is 124 cm³/mol. The zero-order valence-electron chi connectivity index (χ0n) is 17.1. The summed E-state index contributed by atoms with van der Waals surface area (Å²) in [6, 6.07) is 21.0. The highest BCUT2D eigenvalue weighted by atomic mass is 16.6. The quantitative estimate of drug-likeness (QED) is 0.355. The van der Waals surface area contributed by atoms with Gasteiger partial charge in [-0.05, 0) is 42.0 Å². The van der Waals surface area contributed by atoms with Crippen molar-refractivity contribution in [3.05, 3.63) is 105 Å². The van der Waals surface area contributed by atoms with Gasteiger partial charge in [-0.15, -0.1) is 0 Å². The van der Waals surface area contributed by atoms with Gasteiger partial charge in [-0.1, -0.05) is 42.5 Å². The van der Waals surface area contributed by atoms with Crippen molar-refractivity contribution in [2.45, 2.75) is 0 Å². The number of nitro groups is 1. The van der Waals surface area contributed by atoms with E-state index in [1.807, 2.05) is 49.3 Å². The lowest BCUT2D eigenvalue weighted by Crippen LogP contribution is -2.23. The Morgan fingerprint density at radius 3 is 2.32 bits per heavy atom.